The Labute approximate surface area is 133 Å². The number of hydrogen-bond donors (Lipinski definition) is 2. The van der Waals surface area contributed by atoms with Crippen LogP contribution in [0.15, 0.2) is 15.5 Å². The highest BCUT2D eigenvalue weighted by atomic mass is 79.9. The minimum Gasteiger partial charge on any atom is -0.380 e. The predicted octanol–water partition coefficient (Wildman–Crippen LogP) is 1.72. The van der Waals surface area contributed by atoms with Crippen molar-refractivity contribution in [3.63, 3.8) is 0 Å². The van der Waals surface area contributed by atoms with Gasteiger partial charge in [0.25, 0.3) is 5.56 Å². The van der Waals surface area contributed by atoms with Gasteiger partial charge in [0, 0.05) is 19.1 Å². The van der Waals surface area contributed by atoms with Gasteiger partial charge in [0.1, 0.15) is 4.47 Å². The molecule has 21 heavy (non-hydrogen) atoms. The molecule has 0 aromatic carbocycles. The molecule has 1 saturated carbocycles. The quantitative estimate of drug-likeness (QED) is 0.756. The van der Waals surface area contributed by atoms with E-state index in [1.807, 2.05) is 6.92 Å². The Morgan fingerprint density at radius 2 is 2.19 bits per heavy atom. The van der Waals surface area contributed by atoms with Crippen LogP contribution >= 0.6 is 15.9 Å². The van der Waals surface area contributed by atoms with E-state index in [4.69, 9.17) is 10.5 Å². The first-order chi connectivity index (χ1) is 10.1. The number of nitrogens with two attached hydrogens (primary N) is 1. The fourth-order valence-electron chi connectivity index (χ4n) is 2.48. The van der Waals surface area contributed by atoms with Crippen molar-refractivity contribution in [1.82, 2.24) is 9.78 Å². The molecule has 7 heteroatoms. The van der Waals surface area contributed by atoms with Gasteiger partial charge >= 0.3 is 0 Å². The molecule has 1 aliphatic rings. The van der Waals surface area contributed by atoms with Crippen molar-refractivity contribution < 1.29 is 4.74 Å². The maximum atomic E-state index is 11.9. The molecule has 0 unspecified atom stereocenters. The third-order valence-corrected chi connectivity index (χ3v) is 4.54. The zero-order chi connectivity index (χ0) is 15.2. The molecule has 0 bridgehead atoms. The average molecular weight is 359 g/mol. The first kappa shape index (κ1) is 16.5. The van der Waals surface area contributed by atoms with Gasteiger partial charge < -0.3 is 15.8 Å². The van der Waals surface area contributed by atoms with Crippen molar-refractivity contribution in [2.45, 2.75) is 51.3 Å². The lowest BCUT2D eigenvalue weighted by atomic mass is 9.94. The largest absolute Gasteiger partial charge is 0.380 e. The Kier molecular flexibility index (Phi) is 6.20. The molecular weight excluding hydrogens is 336 g/mol. The molecule has 1 fully saturated rings. The van der Waals surface area contributed by atoms with Crippen LogP contribution in [-0.2, 0) is 11.3 Å². The second-order valence-electron chi connectivity index (χ2n) is 5.33. The van der Waals surface area contributed by atoms with Crippen LogP contribution in [0.4, 0.5) is 5.69 Å². The molecule has 0 saturated heterocycles. The molecule has 1 aromatic rings. The summed E-state index contributed by atoms with van der Waals surface area (Å²) in [6.45, 7) is 3.71. The molecule has 0 radical (unpaired) electrons. The molecular formula is C14H23BrN4O2. The Hall–Kier alpha value is -0.920. The van der Waals surface area contributed by atoms with Crippen LogP contribution in [0.3, 0.4) is 0 Å². The van der Waals surface area contributed by atoms with E-state index >= 15 is 0 Å². The standard InChI is InChI=1S/C14H23BrN4O2/c1-2-19-14(20)13(15)12(9-18-19)17-7-8-21-11-5-3-10(16)4-6-11/h9-11,17H,2-8,16H2,1H3. The van der Waals surface area contributed by atoms with Gasteiger partial charge in [-0.15, -0.1) is 0 Å². The van der Waals surface area contributed by atoms with Crippen molar-refractivity contribution in [3.8, 4) is 0 Å². The van der Waals surface area contributed by atoms with Gasteiger partial charge in [0.15, 0.2) is 0 Å². The molecule has 0 atom stereocenters. The van der Waals surface area contributed by atoms with E-state index in [2.05, 4.69) is 26.3 Å². The summed E-state index contributed by atoms with van der Waals surface area (Å²) in [6, 6.07) is 0.343. The summed E-state index contributed by atoms with van der Waals surface area (Å²) in [6.07, 6.45) is 6.15. The minimum absolute atomic E-state index is 0.121. The van der Waals surface area contributed by atoms with Gasteiger partial charge in [-0.05, 0) is 48.5 Å². The number of ether oxygens (including phenoxy) is 1. The summed E-state index contributed by atoms with van der Waals surface area (Å²) in [5, 5.41) is 7.27. The van der Waals surface area contributed by atoms with Crippen molar-refractivity contribution in [1.29, 1.82) is 0 Å². The Bertz CT molecular complexity index is 512. The van der Waals surface area contributed by atoms with Crippen LogP contribution in [0, 0.1) is 0 Å². The lowest BCUT2D eigenvalue weighted by Crippen LogP contribution is -2.31. The zero-order valence-electron chi connectivity index (χ0n) is 12.3. The zero-order valence-corrected chi connectivity index (χ0v) is 13.9. The molecule has 0 spiro atoms. The van der Waals surface area contributed by atoms with E-state index in [0.29, 0.717) is 42.0 Å². The molecule has 0 amide bonds. The second kappa shape index (κ2) is 7.91. The summed E-state index contributed by atoms with van der Waals surface area (Å²) >= 11 is 3.32. The van der Waals surface area contributed by atoms with E-state index in [-0.39, 0.29) is 5.56 Å². The van der Waals surface area contributed by atoms with E-state index in [1.165, 1.54) is 4.68 Å². The van der Waals surface area contributed by atoms with Gasteiger partial charge in [-0.1, -0.05) is 0 Å². The summed E-state index contributed by atoms with van der Waals surface area (Å²) < 4.78 is 7.76. The highest BCUT2D eigenvalue weighted by molar-refractivity contribution is 9.10. The van der Waals surface area contributed by atoms with E-state index < -0.39 is 0 Å². The summed E-state index contributed by atoms with van der Waals surface area (Å²) in [5.41, 5.74) is 6.46. The highest BCUT2D eigenvalue weighted by Gasteiger charge is 2.18. The van der Waals surface area contributed by atoms with Crippen LogP contribution in [0.25, 0.3) is 0 Å². The highest BCUT2D eigenvalue weighted by Crippen LogP contribution is 2.20. The molecule has 3 N–H and O–H groups in total. The van der Waals surface area contributed by atoms with Gasteiger partial charge in [0.2, 0.25) is 0 Å². The van der Waals surface area contributed by atoms with Crippen molar-refractivity contribution in [2.75, 3.05) is 18.5 Å². The van der Waals surface area contributed by atoms with Gasteiger partial charge in [-0.2, -0.15) is 5.10 Å². The number of nitrogens with zero attached hydrogens (tertiary/aromatic N) is 2. The maximum absolute atomic E-state index is 11.9. The van der Waals surface area contributed by atoms with Gasteiger partial charge in [-0.25, -0.2) is 4.68 Å². The number of anilines is 1. The Morgan fingerprint density at radius 1 is 1.48 bits per heavy atom. The molecule has 1 aromatic heterocycles. The Morgan fingerprint density at radius 3 is 2.86 bits per heavy atom. The van der Waals surface area contributed by atoms with Crippen LogP contribution in [0.5, 0.6) is 0 Å². The number of aryl methyl sites for hydroxylation is 1. The normalized spacial score (nSPS) is 22.2. The number of aromatic nitrogens is 2. The van der Waals surface area contributed by atoms with E-state index in [0.717, 1.165) is 25.7 Å². The smallest absolute Gasteiger partial charge is 0.283 e. The molecule has 118 valence electrons. The minimum atomic E-state index is -0.121. The monoisotopic (exact) mass is 358 g/mol. The van der Waals surface area contributed by atoms with Crippen molar-refractivity contribution >= 4 is 21.6 Å². The average Bonchev–Trinajstić information content (AvgIpc) is 2.49. The summed E-state index contributed by atoms with van der Waals surface area (Å²) in [4.78, 5) is 11.9. The van der Waals surface area contributed by atoms with Crippen molar-refractivity contribution in [3.05, 3.63) is 21.0 Å². The summed E-state index contributed by atoms with van der Waals surface area (Å²) in [7, 11) is 0. The number of rotatable bonds is 6. The van der Waals surface area contributed by atoms with Crippen LogP contribution < -0.4 is 16.6 Å². The lowest BCUT2D eigenvalue weighted by Gasteiger charge is -2.26. The lowest BCUT2D eigenvalue weighted by molar-refractivity contribution is 0.0313. The van der Waals surface area contributed by atoms with Crippen LogP contribution in [0.1, 0.15) is 32.6 Å². The Balaban J connectivity index is 1.76. The fraction of sp³-hybridized carbons (Fsp3) is 0.714. The second-order valence-corrected chi connectivity index (χ2v) is 6.12. The third-order valence-electron chi connectivity index (χ3n) is 3.77. The topological polar surface area (TPSA) is 82.2 Å². The molecule has 6 nitrogen and oxygen atoms in total. The first-order valence-electron chi connectivity index (χ1n) is 7.48. The first-order valence-corrected chi connectivity index (χ1v) is 8.27. The molecule has 1 aliphatic carbocycles. The number of halogens is 1. The van der Waals surface area contributed by atoms with Crippen LogP contribution in [0.2, 0.25) is 0 Å². The van der Waals surface area contributed by atoms with Gasteiger partial charge in [-0.3, -0.25) is 4.79 Å². The van der Waals surface area contributed by atoms with E-state index in [1.54, 1.807) is 6.20 Å². The fourth-order valence-corrected chi connectivity index (χ4v) is 2.93. The molecule has 2 rings (SSSR count). The van der Waals surface area contributed by atoms with E-state index in [9.17, 15) is 4.79 Å². The number of hydrogen-bond acceptors (Lipinski definition) is 5. The molecule has 0 aliphatic heterocycles. The van der Waals surface area contributed by atoms with Gasteiger partial charge in [0.05, 0.1) is 24.6 Å². The van der Waals surface area contributed by atoms with Crippen molar-refractivity contribution in [2.24, 2.45) is 5.73 Å². The maximum Gasteiger partial charge on any atom is 0.283 e. The van der Waals surface area contributed by atoms with Crippen LogP contribution in [-0.4, -0.2) is 35.1 Å². The number of nitrogens with one attached hydrogen (secondary N) is 1. The SMILES string of the molecule is CCn1ncc(NCCOC2CCC(N)CC2)c(Br)c1=O. The summed E-state index contributed by atoms with van der Waals surface area (Å²) in [5.74, 6) is 0. The predicted molar refractivity (Wildman–Crippen MR) is 86.5 cm³/mol. The molecule has 1 heterocycles. The third kappa shape index (κ3) is 4.52.